The maximum Gasteiger partial charge on any atom is 0.257 e. The fraction of sp³-hybridized carbons (Fsp3) is 0.320. The second-order valence-corrected chi connectivity index (χ2v) is 8.21. The van der Waals surface area contributed by atoms with Crippen LogP contribution in [0.25, 0.3) is 0 Å². The van der Waals surface area contributed by atoms with Gasteiger partial charge in [0.15, 0.2) is 5.82 Å². The fourth-order valence-corrected chi connectivity index (χ4v) is 3.39. The molecule has 1 aliphatic rings. The van der Waals surface area contributed by atoms with Crippen LogP contribution in [0.4, 0.5) is 5.82 Å². The van der Waals surface area contributed by atoms with Crippen LogP contribution in [0, 0.1) is 0 Å². The topological polar surface area (TPSA) is 104 Å². The molecule has 0 spiro atoms. The van der Waals surface area contributed by atoms with Crippen LogP contribution in [-0.4, -0.2) is 66.5 Å². The molecule has 1 N–H and O–H groups in total. The molecule has 35 heavy (non-hydrogen) atoms. The van der Waals surface area contributed by atoms with Gasteiger partial charge in [-0.05, 0) is 31.2 Å². The first-order valence-electron chi connectivity index (χ1n) is 11.1. The molecule has 1 atom stereocenters. The molecule has 0 bridgehead atoms. The number of amides is 2. The molecule has 2 aromatic carbocycles. The summed E-state index contributed by atoms with van der Waals surface area (Å²) < 4.78 is 24.5. The van der Waals surface area contributed by atoms with Gasteiger partial charge in [0.1, 0.15) is 36.2 Å². The van der Waals surface area contributed by atoms with Crippen molar-refractivity contribution < 1.29 is 28.5 Å². The maximum absolute atomic E-state index is 12.9. The first kappa shape index (κ1) is 24.1. The summed E-state index contributed by atoms with van der Waals surface area (Å²) in [7, 11) is 5.10. The molecule has 4 rings (SSSR count). The Balaban J connectivity index is 1.60. The van der Waals surface area contributed by atoms with Crippen molar-refractivity contribution in [3.63, 3.8) is 0 Å². The van der Waals surface area contributed by atoms with E-state index in [1.807, 2.05) is 6.92 Å². The van der Waals surface area contributed by atoms with Gasteiger partial charge in [0.05, 0.1) is 18.2 Å². The Hall–Kier alpha value is -4.05. The number of fused-ring (bicyclic) bond motifs is 1. The third-order valence-electron chi connectivity index (χ3n) is 5.43. The quantitative estimate of drug-likeness (QED) is 0.527. The monoisotopic (exact) mass is 480 g/mol. The second-order valence-electron chi connectivity index (χ2n) is 8.21. The summed E-state index contributed by atoms with van der Waals surface area (Å²) in [5.41, 5.74) is 0.800. The lowest BCUT2D eigenvalue weighted by Gasteiger charge is -2.15. The predicted molar refractivity (Wildman–Crippen MR) is 129 cm³/mol. The lowest BCUT2D eigenvalue weighted by Crippen LogP contribution is -2.27. The summed E-state index contributed by atoms with van der Waals surface area (Å²) >= 11 is 0. The molecule has 0 aliphatic carbocycles. The molecule has 1 aromatic heterocycles. The molecule has 2 heterocycles. The third-order valence-corrected chi connectivity index (χ3v) is 5.43. The number of aryl methyl sites for hydroxylation is 1. The molecule has 184 valence electrons. The number of carbonyl (C=O) groups is 2. The summed E-state index contributed by atoms with van der Waals surface area (Å²) in [6, 6.07) is 11.6. The van der Waals surface area contributed by atoms with E-state index in [1.54, 1.807) is 79.4 Å². The number of nitrogens with zero attached hydrogens (tertiary/aromatic N) is 3. The van der Waals surface area contributed by atoms with Crippen molar-refractivity contribution in [2.45, 2.75) is 13.0 Å². The van der Waals surface area contributed by atoms with Gasteiger partial charge in [0.2, 0.25) is 0 Å². The van der Waals surface area contributed by atoms with Crippen LogP contribution in [0.3, 0.4) is 0 Å². The molecule has 0 saturated heterocycles. The number of nitrogens with one attached hydrogen (secondary N) is 1. The Morgan fingerprint density at radius 2 is 1.94 bits per heavy atom. The molecule has 0 fully saturated rings. The van der Waals surface area contributed by atoms with E-state index in [2.05, 4.69) is 10.4 Å². The number of likely N-dealkylation sites (N-methyl/N-ethyl adjacent to an activating group) is 1. The molecule has 0 saturated carbocycles. The van der Waals surface area contributed by atoms with Gasteiger partial charge in [-0.25, -0.2) is 0 Å². The highest BCUT2D eigenvalue weighted by atomic mass is 16.5. The summed E-state index contributed by atoms with van der Waals surface area (Å²) in [6.45, 7) is 3.06. The van der Waals surface area contributed by atoms with E-state index in [-0.39, 0.29) is 17.9 Å². The number of hydrogen-bond acceptors (Lipinski definition) is 7. The lowest BCUT2D eigenvalue weighted by molar-refractivity contribution is 0.0715. The maximum atomic E-state index is 12.9. The van der Waals surface area contributed by atoms with Gasteiger partial charge in [-0.3, -0.25) is 14.3 Å². The van der Waals surface area contributed by atoms with Gasteiger partial charge in [0, 0.05) is 51.2 Å². The number of benzene rings is 2. The summed E-state index contributed by atoms with van der Waals surface area (Å²) in [6.07, 6.45) is 1.60. The van der Waals surface area contributed by atoms with Gasteiger partial charge in [-0.15, -0.1) is 0 Å². The van der Waals surface area contributed by atoms with Crippen LogP contribution in [-0.2, 0) is 11.8 Å². The van der Waals surface area contributed by atoms with Gasteiger partial charge >= 0.3 is 0 Å². The van der Waals surface area contributed by atoms with E-state index >= 15 is 0 Å². The van der Waals surface area contributed by atoms with Crippen LogP contribution in [0.1, 0.15) is 27.6 Å². The Labute approximate surface area is 203 Å². The average molecular weight is 481 g/mol. The minimum absolute atomic E-state index is 0.111. The molecule has 10 heteroatoms. The molecular weight excluding hydrogens is 452 g/mol. The molecule has 1 unspecified atom stereocenters. The largest absolute Gasteiger partial charge is 0.491 e. The van der Waals surface area contributed by atoms with E-state index < -0.39 is 0 Å². The number of carbonyl (C=O) groups excluding carboxylic acids is 2. The second kappa shape index (κ2) is 10.5. The van der Waals surface area contributed by atoms with Crippen molar-refractivity contribution in [1.82, 2.24) is 14.7 Å². The third kappa shape index (κ3) is 5.90. The highest BCUT2D eigenvalue weighted by Crippen LogP contribution is 2.32. The van der Waals surface area contributed by atoms with Crippen LogP contribution in [0.5, 0.6) is 23.0 Å². The Bertz CT molecular complexity index is 1220. The number of aromatic nitrogens is 2. The van der Waals surface area contributed by atoms with E-state index in [0.29, 0.717) is 59.7 Å². The van der Waals surface area contributed by atoms with Crippen LogP contribution >= 0.6 is 0 Å². The molecule has 0 radical (unpaired) electrons. The first-order valence-corrected chi connectivity index (χ1v) is 11.1. The molecule has 2 amide bonds. The minimum atomic E-state index is -0.363. The van der Waals surface area contributed by atoms with Crippen molar-refractivity contribution in [3.8, 4) is 23.0 Å². The van der Waals surface area contributed by atoms with E-state index in [1.165, 1.54) is 0 Å². The Morgan fingerprint density at radius 3 is 2.69 bits per heavy atom. The lowest BCUT2D eigenvalue weighted by atomic mass is 10.1. The number of methoxy groups -OCH3 is 1. The number of ether oxygens (including phenoxy) is 4. The van der Waals surface area contributed by atoms with Crippen molar-refractivity contribution >= 4 is 17.6 Å². The highest BCUT2D eigenvalue weighted by Gasteiger charge is 2.21. The van der Waals surface area contributed by atoms with Crippen molar-refractivity contribution in [2.24, 2.45) is 7.05 Å². The van der Waals surface area contributed by atoms with Crippen molar-refractivity contribution in [2.75, 3.05) is 39.2 Å². The fourth-order valence-electron chi connectivity index (χ4n) is 3.39. The molecule has 1 aliphatic heterocycles. The Morgan fingerprint density at radius 1 is 1.14 bits per heavy atom. The van der Waals surface area contributed by atoms with Crippen molar-refractivity contribution in [1.29, 1.82) is 0 Å². The predicted octanol–water partition coefficient (Wildman–Crippen LogP) is 3.34. The summed E-state index contributed by atoms with van der Waals surface area (Å²) in [5.74, 6) is 1.69. The number of rotatable bonds is 8. The molecular formula is C25H28N4O6. The van der Waals surface area contributed by atoms with E-state index in [4.69, 9.17) is 18.9 Å². The van der Waals surface area contributed by atoms with Gasteiger partial charge in [-0.2, -0.15) is 5.10 Å². The smallest absolute Gasteiger partial charge is 0.257 e. The van der Waals surface area contributed by atoms with Gasteiger partial charge in [0.25, 0.3) is 11.8 Å². The standard InChI is InChI=1S/C25H28N4O6/c1-16(32-4)15-34-19-11-17(24(30)26-23-7-8-29(3)27-23)12-20(13-19)35-18-5-6-21-22(14-18)33-10-9-28(2)25(21)31/h5-8,11-14,16H,9-10,15H2,1-4H3,(H,26,27,30). The van der Waals surface area contributed by atoms with Crippen molar-refractivity contribution in [3.05, 3.63) is 59.8 Å². The SMILES string of the molecule is COC(C)COc1cc(Oc2ccc3c(c2)OCCN(C)C3=O)cc(C(=O)Nc2ccn(C)n2)c1. The van der Waals surface area contributed by atoms with Gasteiger partial charge < -0.3 is 29.2 Å². The number of anilines is 1. The molecule has 10 nitrogen and oxygen atoms in total. The van der Waals surface area contributed by atoms with Crippen LogP contribution < -0.4 is 19.5 Å². The van der Waals surface area contributed by atoms with E-state index in [0.717, 1.165) is 0 Å². The number of hydrogen-bond donors (Lipinski definition) is 1. The zero-order chi connectivity index (χ0) is 24.9. The zero-order valence-corrected chi connectivity index (χ0v) is 20.1. The summed E-state index contributed by atoms with van der Waals surface area (Å²) in [5, 5.41) is 6.94. The zero-order valence-electron chi connectivity index (χ0n) is 20.1. The van der Waals surface area contributed by atoms with Crippen LogP contribution in [0.15, 0.2) is 48.7 Å². The van der Waals surface area contributed by atoms with Crippen LogP contribution in [0.2, 0.25) is 0 Å². The average Bonchev–Trinajstić information content (AvgIpc) is 3.20. The normalized spacial score (nSPS) is 13.9. The summed E-state index contributed by atoms with van der Waals surface area (Å²) in [4.78, 5) is 27.0. The molecule has 3 aromatic rings. The minimum Gasteiger partial charge on any atom is -0.491 e. The highest BCUT2D eigenvalue weighted by molar-refractivity contribution is 6.04. The first-order chi connectivity index (χ1) is 16.8. The van der Waals surface area contributed by atoms with E-state index in [9.17, 15) is 9.59 Å². The van der Waals surface area contributed by atoms with Gasteiger partial charge in [-0.1, -0.05) is 0 Å². The Kier molecular flexibility index (Phi) is 7.21.